The molecule has 1 aromatic rings. The van der Waals surface area contributed by atoms with Crippen molar-refractivity contribution in [2.75, 3.05) is 13.1 Å². The minimum atomic E-state index is 0.281. The van der Waals surface area contributed by atoms with Gasteiger partial charge in [-0.2, -0.15) is 0 Å². The molecule has 0 heterocycles. The quantitative estimate of drug-likeness (QED) is 0.511. The number of phenols is 1. The van der Waals surface area contributed by atoms with E-state index < -0.39 is 0 Å². The number of rotatable bonds is 5. The highest BCUT2D eigenvalue weighted by Crippen LogP contribution is 2.14. The zero-order valence-corrected chi connectivity index (χ0v) is 15.5. The van der Waals surface area contributed by atoms with Crippen LogP contribution in [0.4, 0.5) is 0 Å². The average molecular weight is 355 g/mol. The summed E-state index contributed by atoms with van der Waals surface area (Å²) >= 11 is 0. The highest BCUT2D eigenvalue weighted by Gasteiger charge is 2.16. The number of unbranched alkanes of at least 4 members (excludes halogenated alkanes) is 3. The third-order valence-electron chi connectivity index (χ3n) is 3.79. The van der Waals surface area contributed by atoms with Crippen molar-refractivity contribution in [1.82, 2.24) is 0 Å². The standard InChI is InChI=1S/C6H14N2.C6H16N2.C6H6O.CH2O/c7-5-3-1-2-4-6(5)8;7-5-3-1-2-4-6-8;7-6-4-2-1-3-5-6;1-2/h5-6H,1-4,7-8H2;1-8H2;1-5,7H;1H2. The molecular weight excluding hydrogens is 316 g/mol. The number of carbonyl (C=O) groups excluding carboxylic acids is 1. The monoisotopic (exact) mass is 354 g/mol. The fourth-order valence-electron chi connectivity index (χ4n) is 2.26. The van der Waals surface area contributed by atoms with E-state index in [1.165, 1.54) is 25.7 Å². The second-order valence-corrected chi connectivity index (χ2v) is 5.94. The predicted octanol–water partition coefficient (Wildman–Crippen LogP) is 1.89. The molecule has 6 heteroatoms. The minimum absolute atomic E-state index is 0.281. The minimum Gasteiger partial charge on any atom is -0.508 e. The Bertz CT molecular complexity index is 350. The topological polar surface area (TPSA) is 141 Å². The van der Waals surface area contributed by atoms with Gasteiger partial charge in [-0.15, -0.1) is 0 Å². The van der Waals surface area contributed by atoms with Gasteiger partial charge in [-0.1, -0.05) is 43.9 Å². The Kier molecular flexibility index (Phi) is 21.2. The van der Waals surface area contributed by atoms with Crippen molar-refractivity contribution < 1.29 is 9.90 Å². The molecule has 0 aromatic heterocycles. The summed E-state index contributed by atoms with van der Waals surface area (Å²) in [6.07, 6.45) is 9.59. The molecule has 1 aliphatic rings. The molecule has 1 aromatic carbocycles. The van der Waals surface area contributed by atoms with Crippen LogP contribution in [0.2, 0.25) is 0 Å². The number of aromatic hydroxyl groups is 1. The van der Waals surface area contributed by atoms with Crippen LogP contribution < -0.4 is 22.9 Å². The number of carbonyl (C=O) groups is 1. The fourth-order valence-corrected chi connectivity index (χ4v) is 2.26. The van der Waals surface area contributed by atoms with Gasteiger partial charge >= 0.3 is 0 Å². The number of phenolic OH excluding ortho intramolecular Hbond substituents is 1. The maximum Gasteiger partial charge on any atom is 0.115 e. The third-order valence-corrected chi connectivity index (χ3v) is 3.79. The number of para-hydroxylation sites is 1. The second-order valence-electron chi connectivity index (χ2n) is 5.94. The van der Waals surface area contributed by atoms with Crippen molar-refractivity contribution in [3.05, 3.63) is 30.3 Å². The van der Waals surface area contributed by atoms with Gasteiger partial charge in [0, 0.05) is 12.1 Å². The van der Waals surface area contributed by atoms with E-state index in [9.17, 15) is 0 Å². The molecule has 0 spiro atoms. The molecule has 0 saturated heterocycles. The lowest BCUT2D eigenvalue weighted by molar-refractivity contribution is -0.0979. The Morgan fingerprint density at radius 2 is 1.24 bits per heavy atom. The molecule has 1 saturated carbocycles. The first-order valence-electron chi connectivity index (χ1n) is 9.06. The summed E-state index contributed by atoms with van der Waals surface area (Å²) in [6, 6.07) is 9.28. The first-order chi connectivity index (χ1) is 12.1. The maximum absolute atomic E-state index is 8.63. The van der Waals surface area contributed by atoms with E-state index in [0.717, 1.165) is 38.8 Å². The lowest BCUT2D eigenvalue weighted by Crippen LogP contribution is -2.43. The summed E-state index contributed by atoms with van der Waals surface area (Å²) in [7, 11) is 0. The first kappa shape index (κ1) is 25.8. The van der Waals surface area contributed by atoms with Crippen LogP contribution in [0, 0.1) is 0 Å². The SMILES string of the molecule is C=O.NC1CCCCC1N.NCCCCCCN.Oc1ccccc1. The molecule has 9 N–H and O–H groups in total. The Morgan fingerprint density at radius 1 is 0.840 bits per heavy atom. The van der Waals surface area contributed by atoms with Crippen LogP contribution in [0.25, 0.3) is 0 Å². The van der Waals surface area contributed by atoms with Gasteiger partial charge in [0.2, 0.25) is 0 Å². The van der Waals surface area contributed by atoms with Crippen LogP contribution >= 0.6 is 0 Å². The van der Waals surface area contributed by atoms with Gasteiger partial charge in [0.05, 0.1) is 0 Å². The zero-order valence-electron chi connectivity index (χ0n) is 15.5. The van der Waals surface area contributed by atoms with E-state index in [2.05, 4.69) is 0 Å². The molecule has 0 radical (unpaired) electrons. The number of hydrogen-bond donors (Lipinski definition) is 5. The summed E-state index contributed by atoms with van der Waals surface area (Å²) in [5, 5.41) is 8.63. The Hall–Kier alpha value is -1.47. The Balaban J connectivity index is 0. The maximum atomic E-state index is 8.63. The van der Waals surface area contributed by atoms with Gasteiger partial charge < -0.3 is 32.8 Å². The van der Waals surface area contributed by atoms with Crippen LogP contribution in [0.15, 0.2) is 30.3 Å². The Morgan fingerprint density at radius 3 is 1.48 bits per heavy atom. The molecule has 2 rings (SSSR count). The van der Waals surface area contributed by atoms with Crippen molar-refractivity contribution in [1.29, 1.82) is 0 Å². The smallest absolute Gasteiger partial charge is 0.115 e. The van der Waals surface area contributed by atoms with Crippen LogP contribution in [0.5, 0.6) is 5.75 Å². The third kappa shape index (κ3) is 18.7. The van der Waals surface area contributed by atoms with E-state index in [1.807, 2.05) is 12.9 Å². The molecule has 2 atom stereocenters. The van der Waals surface area contributed by atoms with Gasteiger partial charge in [0.1, 0.15) is 12.5 Å². The summed E-state index contributed by atoms with van der Waals surface area (Å²) in [4.78, 5) is 8.00. The van der Waals surface area contributed by atoms with Crippen LogP contribution in [0.1, 0.15) is 51.4 Å². The number of hydrogen-bond acceptors (Lipinski definition) is 6. The van der Waals surface area contributed by atoms with Crippen molar-refractivity contribution in [3.63, 3.8) is 0 Å². The van der Waals surface area contributed by atoms with Crippen LogP contribution in [-0.4, -0.2) is 37.1 Å². The largest absolute Gasteiger partial charge is 0.508 e. The molecule has 2 unspecified atom stereocenters. The molecule has 0 bridgehead atoms. The van der Waals surface area contributed by atoms with E-state index in [0.29, 0.717) is 5.75 Å². The fraction of sp³-hybridized carbons (Fsp3) is 0.632. The van der Waals surface area contributed by atoms with Crippen molar-refractivity contribution in [2.24, 2.45) is 22.9 Å². The van der Waals surface area contributed by atoms with Gasteiger partial charge in [-0.05, 0) is 50.9 Å². The van der Waals surface area contributed by atoms with E-state index >= 15 is 0 Å². The Labute approximate surface area is 153 Å². The summed E-state index contributed by atoms with van der Waals surface area (Å²) < 4.78 is 0. The molecule has 146 valence electrons. The van der Waals surface area contributed by atoms with Gasteiger partial charge in [-0.25, -0.2) is 0 Å². The van der Waals surface area contributed by atoms with E-state index in [1.54, 1.807) is 24.3 Å². The highest BCUT2D eigenvalue weighted by molar-refractivity contribution is 5.18. The zero-order chi connectivity index (χ0) is 19.3. The van der Waals surface area contributed by atoms with Gasteiger partial charge in [0.15, 0.2) is 0 Å². The van der Waals surface area contributed by atoms with Gasteiger partial charge in [0.25, 0.3) is 0 Å². The predicted molar refractivity (Wildman–Crippen MR) is 106 cm³/mol. The molecule has 6 nitrogen and oxygen atoms in total. The summed E-state index contributed by atoms with van der Waals surface area (Å²) in [6.45, 7) is 3.65. The number of benzene rings is 1. The van der Waals surface area contributed by atoms with E-state index in [4.69, 9.17) is 32.8 Å². The van der Waals surface area contributed by atoms with E-state index in [-0.39, 0.29) is 12.1 Å². The van der Waals surface area contributed by atoms with Crippen LogP contribution in [-0.2, 0) is 4.79 Å². The first-order valence-corrected chi connectivity index (χ1v) is 9.06. The molecule has 1 fully saturated rings. The van der Waals surface area contributed by atoms with Crippen molar-refractivity contribution >= 4 is 6.79 Å². The molecule has 0 aliphatic heterocycles. The number of nitrogens with two attached hydrogens (primary N) is 4. The molecule has 0 amide bonds. The normalized spacial score (nSPS) is 18.4. The highest BCUT2D eigenvalue weighted by atomic mass is 16.3. The van der Waals surface area contributed by atoms with Gasteiger partial charge in [-0.3, -0.25) is 0 Å². The second kappa shape index (κ2) is 20.6. The van der Waals surface area contributed by atoms with Crippen LogP contribution in [0.3, 0.4) is 0 Å². The lowest BCUT2D eigenvalue weighted by Gasteiger charge is -2.24. The van der Waals surface area contributed by atoms with Crippen molar-refractivity contribution in [2.45, 2.75) is 63.5 Å². The molecular formula is C19H38N4O2. The lowest BCUT2D eigenvalue weighted by atomic mass is 9.92. The molecule has 1 aliphatic carbocycles. The summed E-state index contributed by atoms with van der Waals surface area (Å²) in [5.74, 6) is 0.322. The molecule has 25 heavy (non-hydrogen) atoms. The van der Waals surface area contributed by atoms with Crippen molar-refractivity contribution in [3.8, 4) is 5.75 Å². The average Bonchev–Trinajstić information content (AvgIpc) is 2.65. The summed E-state index contributed by atoms with van der Waals surface area (Å²) in [5.41, 5.74) is 21.9.